The second-order valence-electron chi connectivity index (χ2n) is 8.08. The van der Waals surface area contributed by atoms with E-state index in [0.29, 0.717) is 32.5 Å². The molecule has 0 saturated carbocycles. The van der Waals surface area contributed by atoms with E-state index >= 15 is 0 Å². The first-order chi connectivity index (χ1) is 15.3. The zero-order chi connectivity index (χ0) is 22.7. The molecule has 2 aromatic rings. The highest BCUT2D eigenvalue weighted by Gasteiger charge is 2.28. The van der Waals surface area contributed by atoms with Gasteiger partial charge in [-0.3, -0.25) is 9.59 Å². The second kappa shape index (κ2) is 9.38. The van der Waals surface area contributed by atoms with E-state index in [-0.39, 0.29) is 29.7 Å². The summed E-state index contributed by atoms with van der Waals surface area (Å²) in [5, 5.41) is 0. The average Bonchev–Trinajstić information content (AvgIpc) is 3.05. The second-order valence-corrected chi connectivity index (χ2v) is 10.0. The van der Waals surface area contributed by atoms with E-state index in [0.717, 1.165) is 36.3 Å². The third-order valence-corrected chi connectivity index (χ3v) is 7.85. The lowest BCUT2D eigenvalue weighted by Crippen LogP contribution is -2.38. The van der Waals surface area contributed by atoms with E-state index in [4.69, 9.17) is 0 Å². The Morgan fingerprint density at radius 3 is 2.25 bits per heavy atom. The van der Waals surface area contributed by atoms with Crippen molar-refractivity contribution in [2.24, 2.45) is 0 Å². The number of amides is 2. The summed E-state index contributed by atoms with van der Waals surface area (Å²) in [6, 6.07) is 12.2. The van der Waals surface area contributed by atoms with E-state index in [9.17, 15) is 22.4 Å². The molecule has 0 atom stereocenters. The van der Waals surface area contributed by atoms with Gasteiger partial charge in [0, 0.05) is 44.8 Å². The van der Waals surface area contributed by atoms with Crippen molar-refractivity contribution in [1.29, 1.82) is 0 Å². The van der Waals surface area contributed by atoms with Crippen molar-refractivity contribution >= 4 is 27.5 Å². The molecule has 2 aliphatic heterocycles. The largest absolute Gasteiger partial charge is 0.341 e. The zero-order valence-electron chi connectivity index (χ0n) is 17.7. The van der Waals surface area contributed by atoms with E-state index in [2.05, 4.69) is 0 Å². The van der Waals surface area contributed by atoms with Crippen LogP contribution in [0.3, 0.4) is 0 Å². The van der Waals surface area contributed by atoms with Gasteiger partial charge in [0.15, 0.2) is 0 Å². The van der Waals surface area contributed by atoms with Crippen LogP contribution < -0.4 is 4.90 Å². The molecule has 32 heavy (non-hydrogen) atoms. The van der Waals surface area contributed by atoms with Crippen LogP contribution in [0.15, 0.2) is 53.4 Å². The number of sulfonamides is 1. The highest BCUT2D eigenvalue weighted by Crippen LogP contribution is 2.22. The fourth-order valence-corrected chi connectivity index (χ4v) is 5.61. The summed E-state index contributed by atoms with van der Waals surface area (Å²) in [6.45, 7) is 2.01. The predicted octanol–water partition coefficient (Wildman–Crippen LogP) is 2.42. The molecule has 2 aromatic carbocycles. The molecular weight excluding hydrogens is 433 g/mol. The van der Waals surface area contributed by atoms with Crippen LogP contribution in [0, 0.1) is 5.82 Å². The minimum absolute atomic E-state index is 0.0512. The number of halogens is 1. The minimum Gasteiger partial charge on any atom is -0.341 e. The smallest absolute Gasteiger partial charge is 0.243 e. The first kappa shape index (κ1) is 22.4. The summed E-state index contributed by atoms with van der Waals surface area (Å²) < 4.78 is 40.2. The minimum atomic E-state index is -3.73. The Morgan fingerprint density at radius 1 is 0.875 bits per heavy atom. The van der Waals surface area contributed by atoms with Gasteiger partial charge in [0.2, 0.25) is 21.8 Å². The molecule has 170 valence electrons. The molecule has 2 aliphatic rings. The van der Waals surface area contributed by atoms with Crippen molar-refractivity contribution < 1.29 is 22.4 Å². The molecule has 0 aromatic heterocycles. The number of hydrogen-bond donors (Lipinski definition) is 0. The maximum absolute atomic E-state index is 13.1. The summed E-state index contributed by atoms with van der Waals surface area (Å²) in [4.78, 5) is 28.2. The topological polar surface area (TPSA) is 78.0 Å². The first-order valence-electron chi connectivity index (χ1n) is 10.8. The standard InChI is InChI=1S/C23H26FN3O4S/c24-19-6-10-21(11-7-19)32(30,31)26-13-2-12-25(15-16-26)23(29)17-18-4-8-20(9-5-18)27-14-1-3-22(27)28/h4-11H,1-3,12-17H2. The highest BCUT2D eigenvalue weighted by molar-refractivity contribution is 7.89. The quantitative estimate of drug-likeness (QED) is 0.688. The Kier molecular flexibility index (Phi) is 6.57. The molecule has 0 spiro atoms. The average molecular weight is 460 g/mol. The first-order valence-corrected chi connectivity index (χ1v) is 12.2. The third kappa shape index (κ3) is 4.83. The monoisotopic (exact) mass is 459 g/mol. The van der Waals surface area contributed by atoms with Gasteiger partial charge in [-0.25, -0.2) is 12.8 Å². The number of rotatable bonds is 5. The molecule has 2 amide bonds. The highest BCUT2D eigenvalue weighted by atomic mass is 32.2. The van der Waals surface area contributed by atoms with Gasteiger partial charge < -0.3 is 9.80 Å². The van der Waals surface area contributed by atoms with Crippen molar-refractivity contribution in [3.05, 3.63) is 59.9 Å². The van der Waals surface area contributed by atoms with Crippen molar-refractivity contribution in [2.75, 3.05) is 37.6 Å². The number of carbonyl (C=O) groups excluding carboxylic acids is 2. The Labute approximate surface area is 187 Å². The van der Waals surface area contributed by atoms with Crippen molar-refractivity contribution in [2.45, 2.75) is 30.6 Å². The van der Waals surface area contributed by atoms with Gasteiger partial charge in [-0.2, -0.15) is 4.31 Å². The summed E-state index contributed by atoms with van der Waals surface area (Å²) in [5.41, 5.74) is 1.70. The van der Waals surface area contributed by atoms with E-state index < -0.39 is 15.8 Å². The SMILES string of the molecule is O=C(Cc1ccc(N2CCCC2=O)cc1)N1CCCN(S(=O)(=O)c2ccc(F)cc2)CC1. The van der Waals surface area contributed by atoms with Crippen molar-refractivity contribution in [3.63, 3.8) is 0 Å². The molecular formula is C23H26FN3O4S. The Balaban J connectivity index is 1.36. The summed E-state index contributed by atoms with van der Waals surface area (Å²) in [7, 11) is -3.73. The molecule has 0 radical (unpaired) electrons. The van der Waals surface area contributed by atoms with Crippen LogP contribution in [-0.4, -0.2) is 62.2 Å². The molecule has 9 heteroatoms. The number of nitrogens with zero attached hydrogens (tertiary/aromatic N) is 3. The lowest BCUT2D eigenvalue weighted by atomic mass is 10.1. The number of carbonyl (C=O) groups is 2. The van der Waals surface area contributed by atoms with E-state index in [1.165, 1.54) is 16.4 Å². The Bertz CT molecular complexity index is 1090. The van der Waals surface area contributed by atoms with Gasteiger partial charge in [-0.05, 0) is 54.8 Å². The number of hydrogen-bond acceptors (Lipinski definition) is 4. The van der Waals surface area contributed by atoms with Crippen LogP contribution >= 0.6 is 0 Å². The summed E-state index contributed by atoms with van der Waals surface area (Å²) in [6.07, 6.45) is 2.19. The van der Waals surface area contributed by atoms with Crippen LogP contribution in [0.5, 0.6) is 0 Å². The summed E-state index contributed by atoms with van der Waals surface area (Å²) >= 11 is 0. The molecule has 0 unspecified atom stereocenters. The normalized spacial score (nSPS) is 18.1. The number of anilines is 1. The van der Waals surface area contributed by atoms with Crippen molar-refractivity contribution in [3.8, 4) is 0 Å². The van der Waals surface area contributed by atoms with Gasteiger partial charge >= 0.3 is 0 Å². The van der Waals surface area contributed by atoms with Gasteiger partial charge in [0.25, 0.3) is 0 Å². The fraction of sp³-hybridized carbons (Fsp3) is 0.391. The van der Waals surface area contributed by atoms with Crippen molar-refractivity contribution in [1.82, 2.24) is 9.21 Å². The van der Waals surface area contributed by atoms with Crippen LogP contribution in [-0.2, 0) is 26.0 Å². The molecule has 0 N–H and O–H groups in total. The molecule has 2 fully saturated rings. The van der Waals surface area contributed by atoms with Gasteiger partial charge in [0.1, 0.15) is 5.82 Å². The molecule has 4 rings (SSSR count). The molecule has 0 aliphatic carbocycles. The van der Waals surface area contributed by atoms with Crippen LogP contribution in [0.1, 0.15) is 24.8 Å². The molecule has 0 bridgehead atoms. The van der Waals surface area contributed by atoms with Gasteiger partial charge in [-0.15, -0.1) is 0 Å². The maximum Gasteiger partial charge on any atom is 0.243 e. The van der Waals surface area contributed by atoms with Crippen LogP contribution in [0.25, 0.3) is 0 Å². The predicted molar refractivity (Wildman–Crippen MR) is 118 cm³/mol. The number of benzene rings is 2. The summed E-state index contributed by atoms with van der Waals surface area (Å²) in [5.74, 6) is -0.425. The van der Waals surface area contributed by atoms with Crippen LogP contribution in [0.4, 0.5) is 10.1 Å². The molecule has 2 heterocycles. The molecule has 2 saturated heterocycles. The third-order valence-electron chi connectivity index (χ3n) is 5.94. The maximum atomic E-state index is 13.1. The molecule has 7 nitrogen and oxygen atoms in total. The Hall–Kier alpha value is -2.78. The lowest BCUT2D eigenvalue weighted by Gasteiger charge is -2.22. The van der Waals surface area contributed by atoms with E-state index in [1.54, 1.807) is 9.80 Å². The zero-order valence-corrected chi connectivity index (χ0v) is 18.6. The van der Waals surface area contributed by atoms with E-state index in [1.807, 2.05) is 24.3 Å². The lowest BCUT2D eigenvalue weighted by molar-refractivity contribution is -0.130. The van der Waals surface area contributed by atoms with Crippen LogP contribution in [0.2, 0.25) is 0 Å². The Morgan fingerprint density at radius 2 is 1.59 bits per heavy atom. The van der Waals surface area contributed by atoms with Gasteiger partial charge in [0.05, 0.1) is 11.3 Å². The van der Waals surface area contributed by atoms with Gasteiger partial charge in [-0.1, -0.05) is 12.1 Å². The fourth-order valence-electron chi connectivity index (χ4n) is 4.14.